The summed E-state index contributed by atoms with van der Waals surface area (Å²) in [6, 6.07) is 2.94. The van der Waals surface area contributed by atoms with Crippen LogP contribution in [-0.4, -0.2) is 30.2 Å². The lowest BCUT2D eigenvalue weighted by atomic mass is 10.2. The van der Waals surface area contributed by atoms with Crippen molar-refractivity contribution >= 4 is 5.91 Å². The van der Waals surface area contributed by atoms with Crippen molar-refractivity contribution < 1.29 is 22.7 Å². The SMILES string of the molecule is NCCCC(=O)NCc1ccnc(OCC(F)(F)F)c1. The number of nitrogens with two attached hydrogens (primary N) is 1. The van der Waals surface area contributed by atoms with E-state index in [1.165, 1.54) is 12.3 Å². The van der Waals surface area contributed by atoms with Crippen LogP contribution >= 0.6 is 0 Å². The summed E-state index contributed by atoms with van der Waals surface area (Å²) in [5, 5.41) is 2.63. The van der Waals surface area contributed by atoms with E-state index < -0.39 is 12.8 Å². The molecule has 1 amide bonds. The number of nitrogens with one attached hydrogen (secondary N) is 1. The standard InChI is InChI=1S/C12H16F3N3O2/c13-12(14,15)8-20-11-6-9(3-5-17-11)7-18-10(19)2-1-4-16/h3,5-6H,1-2,4,7-8,16H2,(H,18,19). The Morgan fingerprint density at radius 1 is 1.45 bits per heavy atom. The van der Waals surface area contributed by atoms with E-state index in [-0.39, 0.29) is 18.3 Å². The largest absolute Gasteiger partial charge is 0.468 e. The Hall–Kier alpha value is -1.83. The lowest BCUT2D eigenvalue weighted by molar-refractivity contribution is -0.154. The second-order valence-corrected chi connectivity index (χ2v) is 4.08. The lowest BCUT2D eigenvalue weighted by Gasteiger charge is -2.09. The van der Waals surface area contributed by atoms with Crippen LogP contribution in [0, 0.1) is 0 Å². The van der Waals surface area contributed by atoms with Gasteiger partial charge in [0.15, 0.2) is 6.61 Å². The van der Waals surface area contributed by atoms with Gasteiger partial charge in [0.1, 0.15) is 0 Å². The lowest BCUT2D eigenvalue weighted by Crippen LogP contribution is -2.23. The molecule has 0 unspecified atom stereocenters. The molecule has 112 valence electrons. The fourth-order valence-electron chi connectivity index (χ4n) is 1.35. The van der Waals surface area contributed by atoms with Crippen molar-refractivity contribution in [2.24, 2.45) is 5.73 Å². The van der Waals surface area contributed by atoms with Crippen molar-refractivity contribution in [1.82, 2.24) is 10.3 Å². The highest BCUT2D eigenvalue weighted by Crippen LogP contribution is 2.17. The molecule has 1 rings (SSSR count). The van der Waals surface area contributed by atoms with Gasteiger partial charge in [0, 0.05) is 25.2 Å². The monoisotopic (exact) mass is 291 g/mol. The first-order chi connectivity index (χ1) is 9.40. The Balaban J connectivity index is 2.45. The van der Waals surface area contributed by atoms with Crippen LogP contribution in [0.1, 0.15) is 18.4 Å². The highest BCUT2D eigenvalue weighted by molar-refractivity contribution is 5.75. The second-order valence-electron chi connectivity index (χ2n) is 4.08. The van der Waals surface area contributed by atoms with Crippen molar-refractivity contribution in [1.29, 1.82) is 0 Å². The Morgan fingerprint density at radius 2 is 2.20 bits per heavy atom. The van der Waals surface area contributed by atoms with Gasteiger partial charge in [-0.3, -0.25) is 4.79 Å². The summed E-state index contributed by atoms with van der Waals surface area (Å²) in [7, 11) is 0. The molecule has 0 saturated carbocycles. The number of aromatic nitrogens is 1. The van der Waals surface area contributed by atoms with Crippen LogP contribution in [-0.2, 0) is 11.3 Å². The Labute approximate surface area is 114 Å². The minimum atomic E-state index is -4.41. The first kappa shape index (κ1) is 16.2. The average molecular weight is 291 g/mol. The molecule has 3 N–H and O–H groups in total. The van der Waals surface area contributed by atoms with Crippen LogP contribution < -0.4 is 15.8 Å². The molecule has 1 aromatic heterocycles. The van der Waals surface area contributed by atoms with E-state index in [0.29, 0.717) is 24.9 Å². The quantitative estimate of drug-likeness (QED) is 0.795. The highest BCUT2D eigenvalue weighted by atomic mass is 19.4. The molecule has 0 aliphatic heterocycles. The van der Waals surface area contributed by atoms with Crippen molar-refractivity contribution in [3.63, 3.8) is 0 Å². The van der Waals surface area contributed by atoms with Crippen molar-refractivity contribution in [3.05, 3.63) is 23.9 Å². The van der Waals surface area contributed by atoms with Crippen LogP contribution in [0.2, 0.25) is 0 Å². The number of rotatable bonds is 7. The maximum Gasteiger partial charge on any atom is 0.422 e. The molecule has 5 nitrogen and oxygen atoms in total. The summed E-state index contributed by atoms with van der Waals surface area (Å²) in [5.74, 6) is -0.291. The van der Waals surface area contributed by atoms with Gasteiger partial charge in [0.05, 0.1) is 0 Å². The molecular formula is C12H16F3N3O2. The van der Waals surface area contributed by atoms with Crippen LogP contribution in [0.3, 0.4) is 0 Å². The summed E-state index contributed by atoms with van der Waals surface area (Å²) in [6.45, 7) is -0.765. The third kappa shape index (κ3) is 6.93. The van der Waals surface area contributed by atoms with E-state index in [1.807, 2.05) is 0 Å². The predicted octanol–water partition coefficient (Wildman–Crippen LogP) is 1.38. The van der Waals surface area contributed by atoms with Crippen molar-refractivity contribution in [2.45, 2.75) is 25.6 Å². The Kier molecular flexibility index (Phi) is 6.23. The normalized spacial score (nSPS) is 11.2. The van der Waals surface area contributed by atoms with Gasteiger partial charge in [-0.2, -0.15) is 13.2 Å². The molecular weight excluding hydrogens is 275 g/mol. The van der Waals surface area contributed by atoms with Gasteiger partial charge in [-0.05, 0) is 24.6 Å². The van der Waals surface area contributed by atoms with Crippen LogP contribution in [0.5, 0.6) is 5.88 Å². The van der Waals surface area contributed by atoms with Crippen molar-refractivity contribution in [3.8, 4) is 5.88 Å². The molecule has 0 spiro atoms. The number of hydrogen-bond acceptors (Lipinski definition) is 4. The van der Waals surface area contributed by atoms with Gasteiger partial charge in [-0.1, -0.05) is 0 Å². The molecule has 8 heteroatoms. The number of pyridine rings is 1. The zero-order chi connectivity index (χ0) is 15.0. The van der Waals surface area contributed by atoms with E-state index in [9.17, 15) is 18.0 Å². The highest BCUT2D eigenvalue weighted by Gasteiger charge is 2.28. The minimum absolute atomic E-state index is 0.129. The fourth-order valence-corrected chi connectivity index (χ4v) is 1.35. The average Bonchev–Trinajstić information content (AvgIpc) is 2.40. The number of halogens is 3. The van der Waals surface area contributed by atoms with E-state index in [1.54, 1.807) is 6.07 Å². The topological polar surface area (TPSA) is 77.2 Å². The number of carbonyl (C=O) groups excluding carboxylic acids is 1. The van der Waals surface area contributed by atoms with Gasteiger partial charge >= 0.3 is 6.18 Å². The number of hydrogen-bond donors (Lipinski definition) is 2. The molecule has 0 radical (unpaired) electrons. The van der Waals surface area contributed by atoms with E-state index >= 15 is 0 Å². The maximum atomic E-state index is 12.0. The van der Waals surface area contributed by atoms with Gasteiger partial charge in [-0.15, -0.1) is 0 Å². The maximum absolute atomic E-state index is 12.0. The number of carbonyl (C=O) groups is 1. The van der Waals surface area contributed by atoms with Crippen molar-refractivity contribution in [2.75, 3.05) is 13.2 Å². The molecule has 0 aromatic carbocycles. The van der Waals surface area contributed by atoms with Gasteiger partial charge < -0.3 is 15.8 Å². The summed E-state index contributed by atoms with van der Waals surface area (Å²) in [4.78, 5) is 15.0. The van der Waals surface area contributed by atoms with Gasteiger partial charge in [-0.25, -0.2) is 4.98 Å². The molecule has 0 fully saturated rings. The molecule has 1 heterocycles. The zero-order valence-electron chi connectivity index (χ0n) is 10.7. The molecule has 1 aromatic rings. The first-order valence-corrected chi connectivity index (χ1v) is 6.02. The van der Waals surface area contributed by atoms with E-state index in [0.717, 1.165) is 0 Å². The number of ether oxygens (including phenoxy) is 1. The third-order valence-electron chi connectivity index (χ3n) is 2.28. The summed E-state index contributed by atoms with van der Waals surface area (Å²) in [5.41, 5.74) is 5.89. The predicted molar refractivity (Wildman–Crippen MR) is 65.9 cm³/mol. The molecule has 0 saturated heterocycles. The molecule has 0 aliphatic carbocycles. The van der Waals surface area contributed by atoms with E-state index in [2.05, 4.69) is 15.0 Å². The number of amides is 1. The summed E-state index contributed by atoms with van der Waals surface area (Å²) >= 11 is 0. The smallest absolute Gasteiger partial charge is 0.422 e. The third-order valence-corrected chi connectivity index (χ3v) is 2.28. The Bertz CT molecular complexity index is 438. The Morgan fingerprint density at radius 3 is 2.85 bits per heavy atom. The first-order valence-electron chi connectivity index (χ1n) is 6.02. The summed E-state index contributed by atoms with van der Waals surface area (Å²) in [6.07, 6.45) is -2.18. The number of alkyl halides is 3. The van der Waals surface area contributed by atoms with Crippen LogP contribution in [0.4, 0.5) is 13.2 Å². The number of nitrogens with zero attached hydrogens (tertiary/aromatic N) is 1. The molecule has 0 atom stereocenters. The second kappa shape index (κ2) is 7.68. The van der Waals surface area contributed by atoms with Crippen LogP contribution in [0.15, 0.2) is 18.3 Å². The van der Waals surface area contributed by atoms with E-state index in [4.69, 9.17) is 5.73 Å². The zero-order valence-corrected chi connectivity index (χ0v) is 10.7. The molecule has 0 aliphatic rings. The molecule has 20 heavy (non-hydrogen) atoms. The summed E-state index contributed by atoms with van der Waals surface area (Å²) < 4.78 is 40.5. The molecule has 0 bridgehead atoms. The fraction of sp³-hybridized carbons (Fsp3) is 0.500. The van der Waals surface area contributed by atoms with Gasteiger partial charge in [0.2, 0.25) is 11.8 Å². The minimum Gasteiger partial charge on any atom is -0.468 e. The van der Waals surface area contributed by atoms with Crippen LogP contribution in [0.25, 0.3) is 0 Å². The van der Waals surface area contributed by atoms with Gasteiger partial charge in [0.25, 0.3) is 0 Å².